The number of nitrogens with one attached hydrogen (secondary N) is 3. The molecule has 0 amide bonds. The molecule has 0 aromatic carbocycles. The molecule has 0 bridgehead atoms. The van der Waals surface area contributed by atoms with Crippen LogP contribution in [-0.2, 0) is 10.0 Å². The molecule has 1 aromatic rings. The van der Waals surface area contributed by atoms with Gasteiger partial charge in [0.15, 0.2) is 0 Å². The third-order valence-corrected chi connectivity index (χ3v) is 5.01. The van der Waals surface area contributed by atoms with Gasteiger partial charge in [-0.25, -0.2) is 13.1 Å². The summed E-state index contributed by atoms with van der Waals surface area (Å²) in [6.45, 7) is 5.24. The van der Waals surface area contributed by atoms with E-state index in [2.05, 4.69) is 20.2 Å². The minimum Gasteiger partial charge on any atom is -0.317 e. The molecule has 1 aliphatic heterocycles. The van der Waals surface area contributed by atoms with Gasteiger partial charge in [-0.1, -0.05) is 0 Å². The molecule has 0 spiro atoms. The molecule has 1 unspecified atom stereocenters. The number of hydrogen-bond donors (Lipinski definition) is 3. The average molecular weight is 272 g/mol. The maximum Gasteiger partial charge on any atom is 0.244 e. The minimum absolute atomic E-state index is 0.0127. The van der Waals surface area contributed by atoms with E-state index in [0.717, 1.165) is 32.4 Å². The number of nitrogens with zero attached hydrogens (tertiary/aromatic N) is 1. The first kappa shape index (κ1) is 13.5. The lowest BCUT2D eigenvalue weighted by Crippen LogP contribution is -2.35. The van der Waals surface area contributed by atoms with Crippen molar-refractivity contribution in [3.8, 4) is 0 Å². The van der Waals surface area contributed by atoms with E-state index in [1.165, 1.54) is 0 Å². The van der Waals surface area contributed by atoms with Crippen LogP contribution in [0.5, 0.6) is 0 Å². The number of H-pyrrole nitrogens is 1. The Bertz CT molecular complexity index is 482. The van der Waals surface area contributed by atoms with Crippen LogP contribution in [0.1, 0.15) is 30.7 Å². The van der Waals surface area contributed by atoms with Crippen molar-refractivity contribution in [2.75, 3.05) is 13.1 Å². The quantitative estimate of drug-likeness (QED) is 0.745. The third kappa shape index (κ3) is 2.90. The van der Waals surface area contributed by atoms with Crippen LogP contribution in [0.15, 0.2) is 4.90 Å². The van der Waals surface area contributed by atoms with E-state index in [0.29, 0.717) is 16.3 Å². The number of aryl methyl sites for hydroxylation is 2. The molecule has 18 heavy (non-hydrogen) atoms. The van der Waals surface area contributed by atoms with Crippen molar-refractivity contribution in [1.29, 1.82) is 0 Å². The summed E-state index contributed by atoms with van der Waals surface area (Å²) in [5.41, 5.74) is 1.11. The molecule has 0 aliphatic carbocycles. The molecule has 6 nitrogen and oxygen atoms in total. The van der Waals surface area contributed by atoms with Gasteiger partial charge in [0.1, 0.15) is 4.90 Å². The Kier molecular flexibility index (Phi) is 4.04. The van der Waals surface area contributed by atoms with Gasteiger partial charge in [0.2, 0.25) is 10.0 Å². The second-order valence-corrected chi connectivity index (χ2v) is 6.41. The van der Waals surface area contributed by atoms with Crippen molar-refractivity contribution in [1.82, 2.24) is 20.2 Å². The van der Waals surface area contributed by atoms with E-state index in [1.54, 1.807) is 13.8 Å². The Hall–Kier alpha value is -0.920. The van der Waals surface area contributed by atoms with Gasteiger partial charge in [-0.3, -0.25) is 5.10 Å². The summed E-state index contributed by atoms with van der Waals surface area (Å²) in [5, 5.41) is 9.92. The smallest absolute Gasteiger partial charge is 0.244 e. The first-order valence-corrected chi connectivity index (χ1v) is 7.73. The van der Waals surface area contributed by atoms with Crippen molar-refractivity contribution in [2.24, 2.45) is 0 Å². The number of aromatic amines is 1. The molecular formula is C11H20N4O2S. The highest BCUT2D eigenvalue weighted by Gasteiger charge is 2.25. The van der Waals surface area contributed by atoms with Crippen molar-refractivity contribution < 1.29 is 8.42 Å². The summed E-state index contributed by atoms with van der Waals surface area (Å²) >= 11 is 0. The SMILES string of the molecule is Cc1n[nH]c(C)c1S(=O)(=O)NC1CCCNCC1. The standard InChI is InChI=1S/C11H20N4O2S/c1-8-11(9(2)14-13-8)18(16,17)15-10-4-3-6-12-7-5-10/h10,12,15H,3-7H2,1-2H3,(H,13,14). The molecule has 1 atom stereocenters. The monoisotopic (exact) mass is 272 g/mol. The lowest BCUT2D eigenvalue weighted by atomic mass is 10.1. The zero-order chi connectivity index (χ0) is 13.2. The van der Waals surface area contributed by atoms with Gasteiger partial charge in [0.05, 0.1) is 11.4 Å². The number of sulfonamides is 1. The number of aromatic nitrogens is 2. The molecule has 1 aliphatic rings. The Morgan fingerprint density at radius 3 is 2.72 bits per heavy atom. The zero-order valence-electron chi connectivity index (χ0n) is 10.8. The fourth-order valence-electron chi connectivity index (χ4n) is 2.35. The number of hydrogen-bond acceptors (Lipinski definition) is 4. The number of rotatable bonds is 3. The zero-order valence-corrected chi connectivity index (χ0v) is 11.6. The molecule has 2 rings (SSSR count). The molecule has 1 saturated heterocycles. The van der Waals surface area contributed by atoms with E-state index >= 15 is 0 Å². The van der Waals surface area contributed by atoms with Crippen LogP contribution in [0.2, 0.25) is 0 Å². The fraction of sp³-hybridized carbons (Fsp3) is 0.727. The summed E-state index contributed by atoms with van der Waals surface area (Å²) in [6.07, 6.45) is 2.70. The summed E-state index contributed by atoms with van der Waals surface area (Å²) in [6, 6.07) is 0.0127. The average Bonchev–Trinajstić information content (AvgIpc) is 2.52. The molecule has 0 saturated carbocycles. The van der Waals surface area contributed by atoms with E-state index in [-0.39, 0.29) is 6.04 Å². The normalized spacial score (nSPS) is 21.8. The van der Waals surface area contributed by atoms with Crippen molar-refractivity contribution in [3.05, 3.63) is 11.4 Å². The van der Waals surface area contributed by atoms with Crippen LogP contribution < -0.4 is 10.0 Å². The summed E-state index contributed by atoms with van der Waals surface area (Å²) in [7, 11) is -3.47. The van der Waals surface area contributed by atoms with Crippen LogP contribution in [0.25, 0.3) is 0 Å². The highest BCUT2D eigenvalue weighted by molar-refractivity contribution is 7.89. The van der Waals surface area contributed by atoms with Gasteiger partial charge in [0, 0.05) is 6.04 Å². The minimum atomic E-state index is -3.47. The van der Waals surface area contributed by atoms with Gasteiger partial charge in [0.25, 0.3) is 0 Å². The maximum atomic E-state index is 12.3. The highest BCUT2D eigenvalue weighted by Crippen LogP contribution is 2.18. The van der Waals surface area contributed by atoms with Crippen LogP contribution in [0.4, 0.5) is 0 Å². The Labute approximate surface area is 108 Å². The lowest BCUT2D eigenvalue weighted by molar-refractivity contribution is 0.517. The highest BCUT2D eigenvalue weighted by atomic mass is 32.2. The summed E-state index contributed by atoms with van der Waals surface area (Å²) in [4.78, 5) is 0.291. The second-order valence-electron chi connectivity index (χ2n) is 4.76. The third-order valence-electron chi connectivity index (χ3n) is 3.23. The topological polar surface area (TPSA) is 86.9 Å². The van der Waals surface area contributed by atoms with E-state index in [1.807, 2.05) is 0 Å². The molecule has 7 heteroatoms. The Balaban J connectivity index is 2.16. The van der Waals surface area contributed by atoms with Crippen molar-refractivity contribution >= 4 is 10.0 Å². The van der Waals surface area contributed by atoms with Crippen LogP contribution in [0.3, 0.4) is 0 Å². The van der Waals surface area contributed by atoms with Gasteiger partial charge in [-0.2, -0.15) is 5.10 Å². The summed E-state index contributed by atoms with van der Waals surface area (Å²) < 4.78 is 27.4. The molecule has 0 radical (unpaired) electrons. The van der Waals surface area contributed by atoms with Crippen LogP contribution in [0, 0.1) is 13.8 Å². The van der Waals surface area contributed by atoms with Gasteiger partial charge >= 0.3 is 0 Å². The lowest BCUT2D eigenvalue weighted by Gasteiger charge is -2.16. The van der Waals surface area contributed by atoms with Crippen LogP contribution in [-0.4, -0.2) is 37.7 Å². The molecule has 1 fully saturated rings. The fourth-order valence-corrected chi connectivity index (χ4v) is 4.03. The maximum absolute atomic E-state index is 12.3. The van der Waals surface area contributed by atoms with Crippen molar-refractivity contribution in [2.45, 2.75) is 44.0 Å². The molecular weight excluding hydrogens is 252 g/mol. The van der Waals surface area contributed by atoms with E-state index in [9.17, 15) is 8.42 Å². The van der Waals surface area contributed by atoms with E-state index < -0.39 is 10.0 Å². The summed E-state index contributed by atoms with van der Waals surface area (Å²) in [5.74, 6) is 0. The van der Waals surface area contributed by atoms with Gasteiger partial charge in [-0.15, -0.1) is 0 Å². The molecule has 2 heterocycles. The molecule has 102 valence electrons. The first-order chi connectivity index (χ1) is 8.50. The Morgan fingerprint density at radius 2 is 2.06 bits per heavy atom. The molecule has 1 aromatic heterocycles. The van der Waals surface area contributed by atoms with Crippen LogP contribution >= 0.6 is 0 Å². The first-order valence-electron chi connectivity index (χ1n) is 6.25. The molecule has 3 N–H and O–H groups in total. The Morgan fingerprint density at radius 1 is 1.28 bits per heavy atom. The van der Waals surface area contributed by atoms with Crippen molar-refractivity contribution in [3.63, 3.8) is 0 Å². The predicted octanol–water partition coefficient (Wildman–Crippen LogP) is 0.447. The second kappa shape index (κ2) is 5.38. The van der Waals surface area contributed by atoms with E-state index in [4.69, 9.17) is 0 Å². The van der Waals surface area contributed by atoms with Gasteiger partial charge < -0.3 is 5.32 Å². The predicted molar refractivity (Wildman–Crippen MR) is 68.9 cm³/mol. The largest absolute Gasteiger partial charge is 0.317 e. The van der Waals surface area contributed by atoms with Gasteiger partial charge in [-0.05, 0) is 46.2 Å².